The van der Waals surface area contributed by atoms with Crippen molar-refractivity contribution in [2.45, 2.75) is 19.6 Å². The van der Waals surface area contributed by atoms with E-state index < -0.39 is 11.2 Å². The summed E-state index contributed by atoms with van der Waals surface area (Å²) < 4.78 is 0. The molecule has 0 unspecified atom stereocenters. The predicted molar refractivity (Wildman–Crippen MR) is 64.5 cm³/mol. The molecule has 0 radical (unpaired) electrons. The second-order valence-electron chi connectivity index (χ2n) is 4.70. The highest BCUT2D eigenvalue weighted by molar-refractivity contribution is 5.74. The van der Waals surface area contributed by atoms with Crippen molar-refractivity contribution in [1.29, 1.82) is 0 Å². The Morgan fingerprint density at radius 3 is 2.25 bits per heavy atom. The van der Waals surface area contributed by atoms with Gasteiger partial charge in [0.15, 0.2) is 5.79 Å². The smallest absolute Gasteiger partial charge is 0.199 e. The SMILES string of the molecule is CC1(C)C=CC=C(c2ccccc2)C1(O)O. The molecule has 2 N–H and O–H groups in total. The molecule has 0 aliphatic heterocycles. The largest absolute Gasteiger partial charge is 0.361 e. The van der Waals surface area contributed by atoms with E-state index in [-0.39, 0.29) is 0 Å². The zero-order valence-electron chi connectivity index (χ0n) is 9.51. The van der Waals surface area contributed by atoms with Gasteiger partial charge < -0.3 is 10.2 Å². The van der Waals surface area contributed by atoms with Crippen molar-refractivity contribution < 1.29 is 10.2 Å². The molecule has 1 aromatic rings. The third-order valence-electron chi connectivity index (χ3n) is 3.13. The molecule has 0 spiro atoms. The van der Waals surface area contributed by atoms with Crippen molar-refractivity contribution in [2.75, 3.05) is 0 Å². The fraction of sp³-hybridized carbons (Fsp3) is 0.286. The molecule has 1 aliphatic rings. The van der Waals surface area contributed by atoms with Crippen LogP contribution in [0.2, 0.25) is 0 Å². The predicted octanol–water partition coefficient (Wildman–Crippen LogP) is 2.35. The summed E-state index contributed by atoms with van der Waals surface area (Å²) in [6.45, 7) is 3.61. The Morgan fingerprint density at radius 2 is 1.62 bits per heavy atom. The van der Waals surface area contributed by atoms with Crippen LogP contribution in [0, 0.1) is 5.41 Å². The van der Waals surface area contributed by atoms with E-state index in [1.54, 1.807) is 26.0 Å². The van der Waals surface area contributed by atoms with Gasteiger partial charge in [-0.3, -0.25) is 0 Å². The molecule has 1 aromatic carbocycles. The Bertz CT molecular complexity index is 439. The van der Waals surface area contributed by atoms with Crippen LogP contribution in [0.1, 0.15) is 19.4 Å². The van der Waals surface area contributed by atoms with E-state index in [4.69, 9.17) is 0 Å². The van der Waals surface area contributed by atoms with Gasteiger partial charge in [-0.05, 0) is 5.56 Å². The van der Waals surface area contributed by atoms with E-state index in [1.165, 1.54) is 0 Å². The highest BCUT2D eigenvalue weighted by Crippen LogP contribution is 2.42. The minimum atomic E-state index is -1.83. The molecule has 16 heavy (non-hydrogen) atoms. The first-order valence-corrected chi connectivity index (χ1v) is 5.35. The van der Waals surface area contributed by atoms with Gasteiger partial charge in [0.1, 0.15) is 0 Å². The van der Waals surface area contributed by atoms with E-state index >= 15 is 0 Å². The Morgan fingerprint density at radius 1 is 1.00 bits per heavy atom. The molecule has 0 amide bonds. The van der Waals surface area contributed by atoms with E-state index in [1.807, 2.05) is 36.4 Å². The first kappa shape index (κ1) is 11.1. The highest BCUT2D eigenvalue weighted by Gasteiger charge is 2.44. The molecular weight excluding hydrogens is 200 g/mol. The van der Waals surface area contributed by atoms with Crippen LogP contribution in [0.4, 0.5) is 0 Å². The van der Waals surface area contributed by atoms with Gasteiger partial charge in [-0.15, -0.1) is 0 Å². The lowest BCUT2D eigenvalue weighted by Gasteiger charge is -2.40. The van der Waals surface area contributed by atoms with Crippen molar-refractivity contribution >= 4 is 5.57 Å². The van der Waals surface area contributed by atoms with Crippen LogP contribution in [-0.4, -0.2) is 16.0 Å². The summed E-state index contributed by atoms with van der Waals surface area (Å²) in [7, 11) is 0. The van der Waals surface area contributed by atoms with Crippen LogP contribution in [0.3, 0.4) is 0 Å². The third-order valence-corrected chi connectivity index (χ3v) is 3.13. The molecule has 0 saturated carbocycles. The minimum absolute atomic E-state index is 0.542. The molecular formula is C14H16O2. The normalized spacial score (nSPS) is 21.6. The topological polar surface area (TPSA) is 40.5 Å². The van der Waals surface area contributed by atoms with Crippen molar-refractivity contribution in [1.82, 2.24) is 0 Å². The van der Waals surface area contributed by atoms with Gasteiger partial charge in [0, 0.05) is 11.0 Å². The molecule has 0 atom stereocenters. The van der Waals surface area contributed by atoms with E-state index in [0.29, 0.717) is 5.57 Å². The van der Waals surface area contributed by atoms with Gasteiger partial charge in [0.25, 0.3) is 0 Å². The maximum atomic E-state index is 10.3. The standard InChI is InChI=1S/C14H16O2/c1-13(2)10-6-9-12(14(13,15)16)11-7-4-3-5-8-11/h3-10,15-16H,1-2H3. The summed E-state index contributed by atoms with van der Waals surface area (Å²) in [6.07, 6.45) is 5.42. The molecule has 0 fully saturated rings. The van der Waals surface area contributed by atoms with Crippen molar-refractivity contribution in [3.05, 3.63) is 54.1 Å². The molecule has 2 rings (SSSR count). The zero-order valence-corrected chi connectivity index (χ0v) is 9.51. The number of hydrogen-bond acceptors (Lipinski definition) is 2. The first-order chi connectivity index (χ1) is 7.45. The average Bonchev–Trinajstić information content (AvgIpc) is 2.23. The van der Waals surface area contributed by atoms with Crippen LogP contribution in [0.15, 0.2) is 48.6 Å². The molecule has 0 bridgehead atoms. The van der Waals surface area contributed by atoms with Gasteiger partial charge in [-0.2, -0.15) is 0 Å². The zero-order chi connectivity index (χ0) is 11.8. The lowest BCUT2D eigenvalue weighted by Crippen LogP contribution is -2.45. The summed E-state index contributed by atoms with van der Waals surface area (Å²) in [5, 5.41) is 20.5. The summed E-state index contributed by atoms with van der Waals surface area (Å²) in [5.41, 5.74) is 0.693. The van der Waals surface area contributed by atoms with Gasteiger partial charge >= 0.3 is 0 Å². The number of hydrogen-bond donors (Lipinski definition) is 2. The van der Waals surface area contributed by atoms with Gasteiger partial charge in [-0.25, -0.2) is 0 Å². The molecule has 84 valence electrons. The van der Waals surface area contributed by atoms with E-state index in [2.05, 4.69) is 0 Å². The molecule has 2 heteroatoms. The van der Waals surface area contributed by atoms with Gasteiger partial charge in [0.2, 0.25) is 0 Å². The average molecular weight is 216 g/mol. The van der Waals surface area contributed by atoms with Crippen molar-refractivity contribution in [2.24, 2.45) is 5.41 Å². The molecule has 0 saturated heterocycles. The lowest BCUT2D eigenvalue weighted by molar-refractivity contribution is -0.169. The second-order valence-corrected chi connectivity index (χ2v) is 4.70. The quantitative estimate of drug-likeness (QED) is 0.707. The van der Waals surface area contributed by atoms with Crippen LogP contribution in [-0.2, 0) is 0 Å². The Kier molecular flexibility index (Phi) is 2.49. The van der Waals surface area contributed by atoms with Gasteiger partial charge in [0.05, 0.1) is 0 Å². The number of allylic oxidation sites excluding steroid dienone is 2. The van der Waals surface area contributed by atoms with E-state index in [0.717, 1.165) is 5.56 Å². The molecule has 0 aromatic heterocycles. The summed E-state index contributed by atoms with van der Waals surface area (Å²) >= 11 is 0. The minimum Gasteiger partial charge on any atom is -0.361 e. The van der Waals surface area contributed by atoms with Crippen LogP contribution < -0.4 is 0 Å². The van der Waals surface area contributed by atoms with Gasteiger partial charge in [-0.1, -0.05) is 62.4 Å². The maximum absolute atomic E-state index is 10.3. The second kappa shape index (κ2) is 3.58. The Labute approximate surface area is 95.6 Å². The van der Waals surface area contributed by atoms with Crippen LogP contribution in [0.5, 0.6) is 0 Å². The number of benzene rings is 1. The van der Waals surface area contributed by atoms with Crippen LogP contribution in [0.25, 0.3) is 5.57 Å². The van der Waals surface area contributed by atoms with Crippen molar-refractivity contribution in [3.8, 4) is 0 Å². The Hall–Kier alpha value is -1.38. The van der Waals surface area contributed by atoms with E-state index in [9.17, 15) is 10.2 Å². The molecule has 1 aliphatic carbocycles. The first-order valence-electron chi connectivity index (χ1n) is 5.35. The summed E-state index contributed by atoms with van der Waals surface area (Å²) in [5.74, 6) is -1.83. The monoisotopic (exact) mass is 216 g/mol. The molecule has 2 nitrogen and oxygen atoms in total. The van der Waals surface area contributed by atoms with Crippen molar-refractivity contribution in [3.63, 3.8) is 0 Å². The summed E-state index contributed by atoms with van der Waals surface area (Å²) in [4.78, 5) is 0. The number of aliphatic hydroxyl groups is 2. The maximum Gasteiger partial charge on any atom is 0.199 e. The molecule has 0 heterocycles. The fourth-order valence-electron chi connectivity index (χ4n) is 1.88. The third kappa shape index (κ3) is 1.60. The Balaban J connectivity index is 2.51. The highest BCUT2D eigenvalue weighted by atomic mass is 16.5. The van der Waals surface area contributed by atoms with Crippen LogP contribution >= 0.6 is 0 Å². The summed E-state index contributed by atoms with van der Waals surface area (Å²) in [6, 6.07) is 9.43. The lowest BCUT2D eigenvalue weighted by atomic mass is 9.74. The fourth-order valence-corrected chi connectivity index (χ4v) is 1.88. The number of rotatable bonds is 1.